The van der Waals surface area contributed by atoms with Gasteiger partial charge in [0, 0.05) is 26.2 Å². The Balaban J connectivity index is 2.36. The molecule has 1 rings (SSSR count). The Morgan fingerprint density at radius 1 is 1.25 bits per heavy atom. The first-order chi connectivity index (χ1) is 9.71. The number of hydrogen-bond acceptors (Lipinski definition) is 3. The number of amides is 1. The SMILES string of the molecule is CCCCN(CCCC)C(=O)CN1CCC(CCO)C1. The fraction of sp³-hybridized carbons (Fsp3) is 0.938. The highest BCUT2D eigenvalue weighted by Crippen LogP contribution is 2.19. The van der Waals surface area contributed by atoms with E-state index in [1.165, 1.54) is 0 Å². The summed E-state index contributed by atoms with van der Waals surface area (Å²) in [4.78, 5) is 16.7. The van der Waals surface area contributed by atoms with E-state index in [1.54, 1.807) is 0 Å². The molecule has 1 aliphatic heterocycles. The molecule has 0 bridgehead atoms. The van der Waals surface area contributed by atoms with E-state index in [2.05, 4.69) is 18.7 Å². The molecule has 1 unspecified atom stereocenters. The molecule has 1 saturated heterocycles. The van der Waals surface area contributed by atoms with Crippen molar-refractivity contribution in [3.05, 3.63) is 0 Å². The van der Waals surface area contributed by atoms with Crippen LogP contribution in [0.2, 0.25) is 0 Å². The monoisotopic (exact) mass is 284 g/mol. The van der Waals surface area contributed by atoms with Crippen LogP contribution in [0.15, 0.2) is 0 Å². The summed E-state index contributed by atoms with van der Waals surface area (Å²) in [6.45, 7) is 8.96. The number of nitrogens with zero attached hydrogens (tertiary/aromatic N) is 2. The number of likely N-dealkylation sites (tertiary alicyclic amines) is 1. The Kier molecular flexibility index (Phi) is 8.86. The van der Waals surface area contributed by atoms with Gasteiger partial charge in [-0.05, 0) is 38.1 Å². The van der Waals surface area contributed by atoms with Crippen molar-refractivity contribution in [1.29, 1.82) is 0 Å². The van der Waals surface area contributed by atoms with Crippen molar-refractivity contribution < 1.29 is 9.90 Å². The van der Waals surface area contributed by atoms with E-state index < -0.39 is 0 Å². The number of aliphatic hydroxyl groups excluding tert-OH is 1. The Morgan fingerprint density at radius 2 is 1.90 bits per heavy atom. The molecule has 0 aromatic rings. The van der Waals surface area contributed by atoms with Crippen molar-refractivity contribution in [1.82, 2.24) is 9.80 Å². The molecule has 0 radical (unpaired) electrons. The molecule has 0 spiro atoms. The highest BCUT2D eigenvalue weighted by molar-refractivity contribution is 5.78. The van der Waals surface area contributed by atoms with Gasteiger partial charge in [-0.3, -0.25) is 9.69 Å². The summed E-state index contributed by atoms with van der Waals surface area (Å²) in [6, 6.07) is 0. The lowest BCUT2D eigenvalue weighted by Gasteiger charge is -2.25. The molecule has 1 N–H and O–H groups in total. The van der Waals surface area contributed by atoms with Crippen LogP contribution in [0.5, 0.6) is 0 Å². The van der Waals surface area contributed by atoms with Crippen LogP contribution in [0.3, 0.4) is 0 Å². The molecule has 1 aliphatic rings. The summed E-state index contributed by atoms with van der Waals surface area (Å²) in [7, 11) is 0. The van der Waals surface area contributed by atoms with Crippen LogP contribution in [-0.2, 0) is 4.79 Å². The highest BCUT2D eigenvalue weighted by atomic mass is 16.3. The first-order valence-electron chi connectivity index (χ1n) is 8.32. The van der Waals surface area contributed by atoms with E-state index in [4.69, 9.17) is 5.11 Å². The molecule has 1 heterocycles. The Bertz CT molecular complexity index is 263. The number of carbonyl (C=O) groups excluding carboxylic acids is 1. The third-order valence-electron chi connectivity index (χ3n) is 4.18. The van der Waals surface area contributed by atoms with Gasteiger partial charge in [-0.15, -0.1) is 0 Å². The van der Waals surface area contributed by atoms with Crippen molar-refractivity contribution in [3.8, 4) is 0 Å². The van der Waals surface area contributed by atoms with Gasteiger partial charge in [0.2, 0.25) is 5.91 Å². The predicted octanol–water partition coefficient (Wildman–Crippen LogP) is 2.12. The number of hydrogen-bond donors (Lipinski definition) is 1. The van der Waals surface area contributed by atoms with Crippen molar-refractivity contribution in [2.45, 2.75) is 52.4 Å². The summed E-state index contributed by atoms with van der Waals surface area (Å²) < 4.78 is 0. The average Bonchev–Trinajstić information content (AvgIpc) is 2.86. The normalized spacial score (nSPS) is 19.4. The third kappa shape index (κ3) is 6.23. The predicted molar refractivity (Wildman–Crippen MR) is 82.6 cm³/mol. The van der Waals surface area contributed by atoms with Gasteiger partial charge in [0.15, 0.2) is 0 Å². The number of unbranched alkanes of at least 4 members (excludes halogenated alkanes) is 2. The van der Waals surface area contributed by atoms with Crippen LogP contribution < -0.4 is 0 Å². The van der Waals surface area contributed by atoms with Gasteiger partial charge in [-0.25, -0.2) is 0 Å². The maximum absolute atomic E-state index is 12.4. The van der Waals surface area contributed by atoms with E-state index >= 15 is 0 Å². The van der Waals surface area contributed by atoms with Gasteiger partial charge >= 0.3 is 0 Å². The standard InChI is InChI=1S/C16H32N2O2/c1-3-5-9-18(10-6-4-2)16(20)14-17-11-7-15(13-17)8-12-19/h15,19H,3-14H2,1-2H3. The first kappa shape index (κ1) is 17.4. The average molecular weight is 284 g/mol. The molecule has 1 fully saturated rings. The maximum Gasteiger partial charge on any atom is 0.236 e. The molecule has 20 heavy (non-hydrogen) atoms. The van der Waals surface area contributed by atoms with Crippen LogP contribution in [0, 0.1) is 5.92 Å². The fourth-order valence-electron chi connectivity index (χ4n) is 2.83. The van der Waals surface area contributed by atoms with E-state index in [0.29, 0.717) is 12.5 Å². The number of aliphatic hydroxyl groups is 1. The smallest absolute Gasteiger partial charge is 0.236 e. The quantitative estimate of drug-likeness (QED) is 0.668. The molecule has 0 aromatic heterocycles. The van der Waals surface area contributed by atoms with Crippen molar-refractivity contribution in [2.75, 3.05) is 39.3 Å². The second-order valence-electron chi connectivity index (χ2n) is 5.99. The van der Waals surface area contributed by atoms with E-state index in [1.807, 2.05) is 4.90 Å². The van der Waals surface area contributed by atoms with E-state index in [9.17, 15) is 4.79 Å². The van der Waals surface area contributed by atoms with E-state index in [0.717, 1.165) is 64.7 Å². The first-order valence-corrected chi connectivity index (χ1v) is 8.32. The van der Waals surface area contributed by atoms with Crippen molar-refractivity contribution in [3.63, 3.8) is 0 Å². The lowest BCUT2D eigenvalue weighted by Crippen LogP contribution is -2.40. The molecular weight excluding hydrogens is 252 g/mol. The fourth-order valence-corrected chi connectivity index (χ4v) is 2.83. The Labute approximate surface area is 124 Å². The van der Waals surface area contributed by atoms with Crippen LogP contribution in [0.1, 0.15) is 52.4 Å². The lowest BCUT2D eigenvalue weighted by molar-refractivity contribution is -0.132. The third-order valence-corrected chi connectivity index (χ3v) is 4.18. The molecule has 1 atom stereocenters. The van der Waals surface area contributed by atoms with Gasteiger partial charge in [-0.2, -0.15) is 0 Å². The van der Waals surface area contributed by atoms with Gasteiger partial charge in [0.05, 0.1) is 6.54 Å². The zero-order valence-corrected chi connectivity index (χ0v) is 13.3. The van der Waals surface area contributed by atoms with Crippen LogP contribution >= 0.6 is 0 Å². The number of rotatable bonds is 10. The van der Waals surface area contributed by atoms with Crippen LogP contribution in [-0.4, -0.2) is 60.1 Å². The molecule has 0 aromatic carbocycles. The minimum atomic E-state index is 0.269. The Hall–Kier alpha value is -0.610. The summed E-state index contributed by atoms with van der Waals surface area (Å²) in [6.07, 6.45) is 6.47. The topological polar surface area (TPSA) is 43.8 Å². The van der Waals surface area contributed by atoms with Gasteiger partial charge in [0.25, 0.3) is 0 Å². The molecule has 1 amide bonds. The second kappa shape index (κ2) is 10.2. The largest absolute Gasteiger partial charge is 0.396 e. The molecule has 0 saturated carbocycles. The zero-order valence-electron chi connectivity index (χ0n) is 13.3. The molecular formula is C16H32N2O2. The number of carbonyl (C=O) groups is 1. The molecule has 0 aliphatic carbocycles. The molecule has 4 nitrogen and oxygen atoms in total. The Morgan fingerprint density at radius 3 is 2.45 bits per heavy atom. The minimum absolute atomic E-state index is 0.269. The molecule has 4 heteroatoms. The van der Waals surface area contributed by atoms with Crippen molar-refractivity contribution in [2.24, 2.45) is 5.92 Å². The molecule has 118 valence electrons. The van der Waals surface area contributed by atoms with Crippen LogP contribution in [0.4, 0.5) is 0 Å². The highest BCUT2D eigenvalue weighted by Gasteiger charge is 2.25. The maximum atomic E-state index is 12.4. The van der Waals surface area contributed by atoms with Crippen LogP contribution in [0.25, 0.3) is 0 Å². The zero-order chi connectivity index (χ0) is 14.8. The van der Waals surface area contributed by atoms with E-state index in [-0.39, 0.29) is 12.5 Å². The summed E-state index contributed by atoms with van der Waals surface area (Å²) >= 11 is 0. The lowest BCUT2D eigenvalue weighted by atomic mass is 10.1. The van der Waals surface area contributed by atoms with Gasteiger partial charge < -0.3 is 10.0 Å². The van der Waals surface area contributed by atoms with Gasteiger partial charge in [-0.1, -0.05) is 26.7 Å². The summed E-state index contributed by atoms with van der Waals surface area (Å²) in [5.41, 5.74) is 0. The second-order valence-corrected chi connectivity index (χ2v) is 5.99. The minimum Gasteiger partial charge on any atom is -0.396 e. The summed E-state index contributed by atoms with van der Waals surface area (Å²) in [5, 5.41) is 8.98. The summed E-state index contributed by atoms with van der Waals surface area (Å²) in [5.74, 6) is 0.865. The van der Waals surface area contributed by atoms with Gasteiger partial charge in [0.1, 0.15) is 0 Å². The van der Waals surface area contributed by atoms with Crippen molar-refractivity contribution >= 4 is 5.91 Å².